The van der Waals surface area contributed by atoms with Gasteiger partial charge in [-0.05, 0) is 38.1 Å². The zero-order chi connectivity index (χ0) is 12.0. The van der Waals surface area contributed by atoms with Gasteiger partial charge in [-0.1, -0.05) is 33.1 Å². The Balaban J connectivity index is 2.57. The van der Waals surface area contributed by atoms with E-state index in [2.05, 4.69) is 25.8 Å². The van der Waals surface area contributed by atoms with Crippen LogP contribution in [0.4, 0.5) is 0 Å². The highest BCUT2D eigenvalue weighted by atomic mass is 16.3. The lowest BCUT2D eigenvalue weighted by molar-refractivity contribution is 0.122. The fourth-order valence-corrected chi connectivity index (χ4v) is 3.15. The number of likely N-dealkylation sites (N-methyl/N-ethyl adjacent to an activating group) is 1. The number of aliphatic hydroxyl groups is 1. The Labute approximate surface area is 101 Å². The van der Waals surface area contributed by atoms with Gasteiger partial charge >= 0.3 is 0 Å². The van der Waals surface area contributed by atoms with Crippen molar-refractivity contribution in [3.8, 4) is 0 Å². The SMILES string of the molecule is CC(C)CC1CCCCCC1N(C)CCO. The summed E-state index contributed by atoms with van der Waals surface area (Å²) >= 11 is 0. The lowest BCUT2D eigenvalue weighted by Gasteiger charge is -2.34. The van der Waals surface area contributed by atoms with E-state index in [0.29, 0.717) is 12.6 Å². The molecule has 1 saturated carbocycles. The second-order valence-corrected chi connectivity index (χ2v) is 5.80. The molecule has 96 valence electrons. The van der Waals surface area contributed by atoms with Gasteiger partial charge in [0.25, 0.3) is 0 Å². The fraction of sp³-hybridized carbons (Fsp3) is 1.00. The standard InChI is InChI=1S/C14H29NO/c1-12(2)11-13-7-5-4-6-8-14(13)15(3)9-10-16/h12-14,16H,4-11H2,1-3H3. The smallest absolute Gasteiger partial charge is 0.0558 e. The molecule has 0 aromatic rings. The topological polar surface area (TPSA) is 23.5 Å². The monoisotopic (exact) mass is 227 g/mol. The molecule has 1 fully saturated rings. The minimum absolute atomic E-state index is 0.293. The Hall–Kier alpha value is -0.0800. The van der Waals surface area contributed by atoms with E-state index in [-0.39, 0.29) is 0 Å². The van der Waals surface area contributed by atoms with Gasteiger partial charge in [-0.3, -0.25) is 0 Å². The van der Waals surface area contributed by atoms with Gasteiger partial charge in [0.1, 0.15) is 0 Å². The van der Waals surface area contributed by atoms with Crippen LogP contribution in [0.2, 0.25) is 0 Å². The zero-order valence-corrected chi connectivity index (χ0v) is 11.3. The summed E-state index contributed by atoms with van der Waals surface area (Å²) in [6, 6.07) is 0.706. The molecule has 0 bridgehead atoms. The van der Waals surface area contributed by atoms with Gasteiger partial charge in [0.15, 0.2) is 0 Å². The van der Waals surface area contributed by atoms with Crippen molar-refractivity contribution in [1.82, 2.24) is 4.90 Å². The van der Waals surface area contributed by atoms with Crippen molar-refractivity contribution in [1.29, 1.82) is 0 Å². The molecule has 2 atom stereocenters. The molecule has 1 rings (SSSR count). The molecule has 0 radical (unpaired) electrons. The summed E-state index contributed by atoms with van der Waals surface area (Å²) in [5.74, 6) is 1.65. The highest BCUT2D eigenvalue weighted by Crippen LogP contribution is 2.31. The molecule has 2 unspecified atom stereocenters. The van der Waals surface area contributed by atoms with Gasteiger partial charge in [0.2, 0.25) is 0 Å². The highest BCUT2D eigenvalue weighted by Gasteiger charge is 2.26. The van der Waals surface area contributed by atoms with Gasteiger partial charge < -0.3 is 10.0 Å². The first-order chi connectivity index (χ1) is 7.65. The Morgan fingerprint density at radius 3 is 2.50 bits per heavy atom. The molecule has 2 heteroatoms. The predicted molar refractivity (Wildman–Crippen MR) is 69.5 cm³/mol. The van der Waals surface area contributed by atoms with E-state index in [0.717, 1.165) is 18.4 Å². The molecule has 1 N–H and O–H groups in total. The summed E-state index contributed by atoms with van der Waals surface area (Å²) in [6.45, 7) is 5.78. The molecule has 0 heterocycles. The molecule has 16 heavy (non-hydrogen) atoms. The average Bonchev–Trinajstić information content (AvgIpc) is 2.43. The van der Waals surface area contributed by atoms with Crippen LogP contribution in [0.15, 0.2) is 0 Å². The van der Waals surface area contributed by atoms with E-state index in [9.17, 15) is 0 Å². The van der Waals surface area contributed by atoms with Crippen molar-refractivity contribution < 1.29 is 5.11 Å². The van der Waals surface area contributed by atoms with Crippen LogP contribution in [0, 0.1) is 11.8 Å². The maximum absolute atomic E-state index is 9.06. The van der Waals surface area contributed by atoms with E-state index in [1.807, 2.05) is 0 Å². The Morgan fingerprint density at radius 1 is 1.19 bits per heavy atom. The van der Waals surface area contributed by atoms with Crippen LogP contribution in [-0.2, 0) is 0 Å². The van der Waals surface area contributed by atoms with Gasteiger partial charge in [-0.2, -0.15) is 0 Å². The minimum Gasteiger partial charge on any atom is -0.395 e. The fourth-order valence-electron chi connectivity index (χ4n) is 3.15. The molecule has 0 aromatic heterocycles. The molecule has 1 aliphatic rings. The van der Waals surface area contributed by atoms with Crippen LogP contribution in [0.3, 0.4) is 0 Å². The summed E-state index contributed by atoms with van der Waals surface area (Å²) in [4.78, 5) is 2.39. The maximum atomic E-state index is 9.06. The molecule has 0 spiro atoms. The molecular weight excluding hydrogens is 198 g/mol. The van der Waals surface area contributed by atoms with Gasteiger partial charge in [0, 0.05) is 12.6 Å². The summed E-state index contributed by atoms with van der Waals surface area (Å²) < 4.78 is 0. The van der Waals surface area contributed by atoms with E-state index in [1.165, 1.54) is 38.5 Å². The minimum atomic E-state index is 0.293. The summed E-state index contributed by atoms with van der Waals surface area (Å²) in [5.41, 5.74) is 0. The van der Waals surface area contributed by atoms with Crippen molar-refractivity contribution >= 4 is 0 Å². The van der Waals surface area contributed by atoms with Gasteiger partial charge in [0.05, 0.1) is 6.61 Å². The van der Waals surface area contributed by atoms with Crippen molar-refractivity contribution in [2.45, 2.75) is 58.4 Å². The quantitative estimate of drug-likeness (QED) is 0.730. The molecule has 0 aromatic carbocycles. The lowest BCUT2D eigenvalue weighted by Crippen LogP contribution is -2.39. The number of aliphatic hydroxyl groups excluding tert-OH is 1. The Morgan fingerprint density at radius 2 is 1.88 bits per heavy atom. The zero-order valence-electron chi connectivity index (χ0n) is 11.3. The van der Waals surface area contributed by atoms with E-state index in [1.54, 1.807) is 0 Å². The third-order valence-corrected chi connectivity index (χ3v) is 3.91. The second kappa shape index (κ2) is 7.29. The Kier molecular flexibility index (Phi) is 6.37. The van der Waals surface area contributed by atoms with Crippen molar-refractivity contribution in [2.24, 2.45) is 11.8 Å². The predicted octanol–water partition coefficient (Wildman–Crippen LogP) is 2.91. The van der Waals surface area contributed by atoms with E-state index >= 15 is 0 Å². The van der Waals surface area contributed by atoms with E-state index < -0.39 is 0 Å². The van der Waals surface area contributed by atoms with Crippen molar-refractivity contribution in [2.75, 3.05) is 20.2 Å². The highest BCUT2D eigenvalue weighted by molar-refractivity contribution is 4.81. The molecule has 1 aliphatic carbocycles. The molecule has 0 saturated heterocycles. The number of hydrogen-bond donors (Lipinski definition) is 1. The molecular formula is C14H29NO. The third kappa shape index (κ3) is 4.42. The van der Waals surface area contributed by atoms with Crippen LogP contribution in [0.5, 0.6) is 0 Å². The largest absolute Gasteiger partial charge is 0.395 e. The van der Waals surface area contributed by atoms with Crippen molar-refractivity contribution in [3.05, 3.63) is 0 Å². The second-order valence-electron chi connectivity index (χ2n) is 5.80. The summed E-state index contributed by atoms with van der Waals surface area (Å²) in [7, 11) is 2.18. The van der Waals surface area contributed by atoms with Crippen LogP contribution in [0.1, 0.15) is 52.4 Å². The number of hydrogen-bond acceptors (Lipinski definition) is 2. The lowest BCUT2D eigenvalue weighted by atomic mass is 9.86. The first-order valence-electron chi connectivity index (χ1n) is 6.96. The normalized spacial score (nSPS) is 27.4. The average molecular weight is 227 g/mol. The first-order valence-corrected chi connectivity index (χ1v) is 6.96. The maximum Gasteiger partial charge on any atom is 0.0558 e. The van der Waals surface area contributed by atoms with Crippen LogP contribution in [-0.4, -0.2) is 36.2 Å². The van der Waals surface area contributed by atoms with Crippen LogP contribution < -0.4 is 0 Å². The summed E-state index contributed by atoms with van der Waals surface area (Å²) in [5, 5.41) is 9.06. The first kappa shape index (κ1) is 14.0. The number of nitrogens with zero attached hydrogens (tertiary/aromatic N) is 1. The van der Waals surface area contributed by atoms with E-state index in [4.69, 9.17) is 5.11 Å². The van der Waals surface area contributed by atoms with Gasteiger partial charge in [-0.15, -0.1) is 0 Å². The Bertz CT molecular complexity index is 182. The van der Waals surface area contributed by atoms with Crippen LogP contribution >= 0.6 is 0 Å². The summed E-state index contributed by atoms with van der Waals surface area (Å²) in [6.07, 6.45) is 8.24. The van der Waals surface area contributed by atoms with Gasteiger partial charge in [-0.25, -0.2) is 0 Å². The molecule has 0 aliphatic heterocycles. The van der Waals surface area contributed by atoms with Crippen LogP contribution in [0.25, 0.3) is 0 Å². The van der Waals surface area contributed by atoms with Crippen molar-refractivity contribution in [3.63, 3.8) is 0 Å². The molecule has 0 amide bonds. The number of rotatable bonds is 5. The molecule has 2 nitrogen and oxygen atoms in total. The third-order valence-electron chi connectivity index (χ3n) is 3.91.